The van der Waals surface area contributed by atoms with Gasteiger partial charge in [0, 0.05) is 0 Å². The number of hydrogen-bond donors (Lipinski definition) is 0. The molecule has 0 aliphatic rings. The third kappa shape index (κ3) is 1.47. The third-order valence-corrected chi connectivity index (χ3v) is 1.84. The SMILES string of the molecule is CCc1cccc(C=O)c1OC. The molecular weight excluding hydrogens is 152 g/mol. The number of rotatable bonds is 3. The predicted octanol–water partition coefficient (Wildman–Crippen LogP) is 2.07. The molecule has 2 heteroatoms. The second kappa shape index (κ2) is 3.90. The Bertz CT molecular complexity index is 279. The Hall–Kier alpha value is -1.31. The molecule has 0 aliphatic carbocycles. The molecule has 1 aromatic rings. The first-order valence-corrected chi connectivity index (χ1v) is 3.94. The van der Waals surface area contributed by atoms with E-state index in [0.717, 1.165) is 18.3 Å². The van der Waals surface area contributed by atoms with Gasteiger partial charge in [-0.2, -0.15) is 0 Å². The van der Waals surface area contributed by atoms with Gasteiger partial charge in [0.25, 0.3) is 0 Å². The number of carbonyl (C=O) groups is 1. The number of methoxy groups -OCH3 is 1. The van der Waals surface area contributed by atoms with Crippen molar-refractivity contribution in [1.82, 2.24) is 0 Å². The van der Waals surface area contributed by atoms with Gasteiger partial charge in [0.15, 0.2) is 6.29 Å². The van der Waals surface area contributed by atoms with Gasteiger partial charge in [-0.1, -0.05) is 19.1 Å². The van der Waals surface area contributed by atoms with Crippen LogP contribution in [0.1, 0.15) is 22.8 Å². The smallest absolute Gasteiger partial charge is 0.153 e. The minimum Gasteiger partial charge on any atom is -0.496 e. The number of hydrogen-bond acceptors (Lipinski definition) is 2. The normalized spacial score (nSPS) is 9.50. The molecule has 0 N–H and O–H groups in total. The van der Waals surface area contributed by atoms with Gasteiger partial charge in [-0.25, -0.2) is 0 Å². The zero-order valence-corrected chi connectivity index (χ0v) is 7.33. The number of para-hydroxylation sites is 1. The van der Waals surface area contributed by atoms with Gasteiger partial charge in [-0.05, 0) is 18.1 Å². The molecule has 0 atom stereocenters. The van der Waals surface area contributed by atoms with E-state index in [-0.39, 0.29) is 0 Å². The van der Waals surface area contributed by atoms with E-state index in [9.17, 15) is 4.79 Å². The summed E-state index contributed by atoms with van der Waals surface area (Å²) < 4.78 is 5.13. The lowest BCUT2D eigenvalue weighted by Gasteiger charge is -2.07. The van der Waals surface area contributed by atoms with Crippen molar-refractivity contribution in [1.29, 1.82) is 0 Å². The van der Waals surface area contributed by atoms with Crippen LogP contribution in [0.5, 0.6) is 5.75 Å². The summed E-state index contributed by atoms with van der Waals surface area (Å²) in [4.78, 5) is 10.6. The summed E-state index contributed by atoms with van der Waals surface area (Å²) in [5.41, 5.74) is 1.69. The van der Waals surface area contributed by atoms with Crippen molar-refractivity contribution in [3.8, 4) is 5.75 Å². The standard InChI is InChI=1S/C10H12O2/c1-3-8-5-4-6-9(7-11)10(8)12-2/h4-7H,3H2,1-2H3. The predicted molar refractivity (Wildman–Crippen MR) is 47.8 cm³/mol. The molecule has 12 heavy (non-hydrogen) atoms. The van der Waals surface area contributed by atoms with E-state index in [1.165, 1.54) is 0 Å². The maximum Gasteiger partial charge on any atom is 0.153 e. The fourth-order valence-corrected chi connectivity index (χ4v) is 1.22. The molecule has 0 radical (unpaired) electrons. The third-order valence-electron chi connectivity index (χ3n) is 1.84. The first kappa shape index (κ1) is 8.78. The summed E-state index contributed by atoms with van der Waals surface area (Å²) in [6.45, 7) is 2.03. The molecule has 1 rings (SSSR count). The van der Waals surface area contributed by atoms with Gasteiger partial charge >= 0.3 is 0 Å². The van der Waals surface area contributed by atoms with Crippen LogP contribution in [0.4, 0.5) is 0 Å². The topological polar surface area (TPSA) is 26.3 Å². The number of aldehydes is 1. The molecule has 0 saturated carbocycles. The molecule has 0 heterocycles. The summed E-state index contributed by atoms with van der Waals surface area (Å²) in [6.07, 6.45) is 1.70. The van der Waals surface area contributed by atoms with Crippen LogP contribution >= 0.6 is 0 Å². The number of carbonyl (C=O) groups excluding carboxylic acids is 1. The Balaban J connectivity index is 3.21. The van der Waals surface area contributed by atoms with E-state index in [0.29, 0.717) is 11.3 Å². The Morgan fingerprint density at radius 3 is 2.75 bits per heavy atom. The van der Waals surface area contributed by atoms with Crippen LogP contribution in [0, 0.1) is 0 Å². The molecule has 0 bridgehead atoms. The van der Waals surface area contributed by atoms with Crippen LogP contribution < -0.4 is 4.74 Å². The minimum atomic E-state index is 0.622. The average Bonchev–Trinajstić information content (AvgIpc) is 2.16. The molecule has 0 fully saturated rings. The number of benzene rings is 1. The van der Waals surface area contributed by atoms with Crippen LogP contribution in [0.15, 0.2) is 18.2 Å². The molecule has 0 aromatic heterocycles. The van der Waals surface area contributed by atoms with E-state index in [1.54, 1.807) is 13.2 Å². The van der Waals surface area contributed by atoms with Crippen LogP contribution in [0.3, 0.4) is 0 Å². The number of aryl methyl sites for hydroxylation is 1. The number of ether oxygens (including phenoxy) is 1. The molecule has 64 valence electrons. The summed E-state index contributed by atoms with van der Waals surface area (Å²) in [5.74, 6) is 0.704. The van der Waals surface area contributed by atoms with Crippen molar-refractivity contribution in [2.75, 3.05) is 7.11 Å². The van der Waals surface area contributed by atoms with Crippen molar-refractivity contribution >= 4 is 6.29 Å². The Labute approximate surface area is 72.2 Å². The molecular formula is C10H12O2. The van der Waals surface area contributed by atoms with Crippen LogP contribution in [-0.2, 0) is 6.42 Å². The first-order chi connectivity index (χ1) is 5.83. The summed E-state index contributed by atoms with van der Waals surface area (Å²) in [7, 11) is 1.58. The van der Waals surface area contributed by atoms with Crippen molar-refractivity contribution in [2.45, 2.75) is 13.3 Å². The monoisotopic (exact) mass is 164 g/mol. The Kier molecular flexibility index (Phi) is 2.86. The lowest BCUT2D eigenvalue weighted by atomic mass is 10.1. The fourth-order valence-electron chi connectivity index (χ4n) is 1.22. The maximum absolute atomic E-state index is 10.6. The Morgan fingerprint density at radius 2 is 2.25 bits per heavy atom. The van der Waals surface area contributed by atoms with Crippen molar-refractivity contribution in [3.05, 3.63) is 29.3 Å². The highest BCUT2D eigenvalue weighted by Crippen LogP contribution is 2.22. The Morgan fingerprint density at radius 1 is 1.50 bits per heavy atom. The van der Waals surface area contributed by atoms with E-state index in [4.69, 9.17) is 4.74 Å². The zero-order chi connectivity index (χ0) is 8.97. The molecule has 1 aromatic carbocycles. The lowest BCUT2D eigenvalue weighted by molar-refractivity contribution is 0.112. The van der Waals surface area contributed by atoms with Gasteiger partial charge in [0.05, 0.1) is 12.7 Å². The second-order valence-corrected chi connectivity index (χ2v) is 2.51. The molecule has 0 aliphatic heterocycles. The molecule has 2 nitrogen and oxygen atoms in total. The fraction of sp³-hybridized carbons (Fsp3) is 0.300. The van der Waals surface area contributed by atoms with Crippen molar-refractivity contribution < 1.29 is 9.53 Å². The largest absolute Gasteiger partial charge is 0.496 e. The first-order valence-electron chi connectivity index (χ1n) is 3.94. The molecule has 0 amide bonds. The molecule has 0 unspecified atom stereocenters. The highest BCUT2D eigenvalue weighted by Gasteiger charge is 2.05. The second-order valence-electron chi connectivity index (χ2n) is 2.51. The molecule has 0 spiro atoms. The van der Waals surface area contributed by atoms with Crippen LogP contribution in [-0.4, -0.2) is 13.4 Å². The van der Waals surface area contributed by atoms with Crippen LogP contribution in [0.2, 0.25) is 0 Å². The summed E-state index contributed by atoms with van der Waals surface area (Å²) in [6, 6.07) is 5.59. The van der Waals surface area contributed by atoms with Crippen LogP contribution in [0.25, 0.3) is 0 Å². The van der Waals surface area contributed by atoms with Gasteiger partial charge < -0.3 is 4.74 Å². The van der Waals surface area contributed by atoms with Gasteiger partial charge in [-0.3, -0.25) is 4.79 Å². The lowest BCUT2D eigenvalue weighted by Crippen LogP contribution is -1.95. The van der Waals surface area contributed by atoms with Crippen molar-refractivity contribution in [2.24, 2.45) is 0 Å². The van der Waals surface area contributed by atoms with Gasteiger partial charge in [-0.15, -0.1) is 0 Å². The zero-order valence-electron chi connectivity index (χ0n) is 7.33. The highest BCUT2D eigenvalue weighted by molar-refractivity contribution is 5.80. The van der Waals surface area contributed by atoms with Gasteiger partial charge in [0.2, 0.25) is 0 Å². The van der Waals surface area contributed by atoms with E-state index < -0.39 is 0 Å². The summed E-state index contributed by atoms with van der Waals surface area (Å²) >= 11 is 0. The van der Waals surface area contributed by atoms with Gasteiger partial charge in [0.1, 0.15) is 5.75 Å². The summed E-state index contributed by atoms with van der Waals surface area (Å²) in [5, 5.41) is 0. The minimum absolute atomic E-state index is 0.622. The maximum atomic E-state index is 10.6. The average molecular weight is 164 g/mol. The van der Waals surface area contributed by atoms with Crippen molar-refractivity contribution in [3.63, 3.8) is 0 Å². The quantitative estimate of drug-likeness (QED) is 0.639. The van der Waals surface area contributed by atoms with E-state index in [2.05, 4.69) is 0 Å². The highest BCUT2D eigenvalue weighted by atomic mass is 16.5. The van der Waals surface area contributed by atoms with E-state index >= 15 is 0 Å². The molecule has 0 saturated heterocycles. The van der Waals surface area contributed by atoms with E-state index in [1.807, 2.05) is 19.1 Å².